The molecular formula is C23H28N2O2S. The highest BCUT2D eigenvalue weighted by atomic mass is 32.1. The van der Waals surface area contributed by atoms with Gasteiger partial charge in [0.15, 0.2) is 0 Å². The summed E-state index contributed by atoms with van der Waals surface area (Å²) in [6.07, 6.45) is 0. The largest absolute Gasteiger partial charge is 0.492 e. The first-order valence-corrected chi connectivity index (χ1v) is 10.5. The number of fused-ring (bicyclic) bond motifs is 1. The van der Waals surface area contributed by atoms with Crippen LogP contribution in [0, 0.1) is 0 Å². The minimum atomic E-state index is -0.0839. The number of carbonyl (C=O) groups excluding carboxylic acids is 1. The van der Waals surface area contributed by atoms with Crippen LogP contribution < -0.4 is 10.1 Å². The summed E-state index contributed by atoms with van der Waals surface area (Å²) in [4.78, 5) is 15.6. The van der Waals surface area contributed by atoms with Crippen molar-refractivity contribution in [2.24, 2.45) is 0 Å². The SMILES string of the molecule is CC(C)N(CCOc1ccc2sc(C(=O)Nc3ccccc3)cc2c1)C(C)C. The fourth-order valence-corrected chi connectivity index (χ4v) is 4.26. The van der Waals surface area contributed by atoms with E-state index < -0.39 is 0 Å². The average Bonchev–Trinajstić information content (AvgIpc) is 3.09. The number of hydrogen-bond acceptors (Lipinski definition) is 4. The van der Waals surface area contributed by atoms with Gasteiger partial charge in [0.25, 0.3) is 5.91 Å². The molecule has 0 aliphatic heterocycles. The molecule has 1 N–H and O–H groups in total. The lowest BCUT2D eigenvalue weighted by Crippen LogP contribution is -2.39. The summed E-state index contributed by atoms with van der Waals surface area (Å²) in [5.74, 6) is 0.757. The Labute approximate surface area is 171 Å². The van der Waals surface area contributed by atoms with Crippen molar-refractivity contribution in [3.8, 4) is 5.75 Å². The fourth-order valence-electron chi connectivity index (χ4n) is 3.32. The number of para-hydroxylation sites is 1. The van der Waals surface area contributed by atoms with E-state index in [9.17, 15) is 4.79 Å². The Morgan fingerprint density at radius 2 is 1.75 bits per heavy atom. The highest BCUT2D eigenvalue weighted by Crippen LogP contribution is 2.29. The maximum absolute atomic E-state index is 12.5. The van der Waals surface area contributed by atoms with Crippen LogP contribution in [-0.4, -0.2) is 36.0 Å². The normalized spacial score (nSPS) is 11.5. The molecule has 0 aliphatic rings. The maximum Gasteiger partial charge on any atom is 0.265 e. The van der Waals surface area contributed by atoms with E-state index in [-0.39, 0.29) is 5.91 Å². The van der Waals surface area contributed by atoms with Gasteiger partial charge in [0.2, 0.25) is 0 Å². The summed E-state index contributed by atoms with van der Waals surface area (Å²) >= 11 is 1.49. The van der Waals surface area contributed by atoms with E-state index in [1.165, 1.54) is 11.3 Å². The number of rotatable bonds is 8. The van der Waals surface area contributed by atoms with E-state index >= 15 is 0 Å². The van der Waals surface area contributed by atoms with Crippen LogP contribution >= 0.6 is 11.3 Å². The van der Waals surface area contributed by atoms with Crippen LogP contribution in [0.4, 0.5) is 5.69 Å². The number of carbonyl (C=O) groups is 1. The number of benzene rings is 2. The van der Waals surface area contributed by atoms with Gasteiger partial charge in [-0.1, -0.05) is 18.2 Å². The molecular weight excluding hydrogens is 368 g/mol. The Morgan fingerprint density at radius 1 is 1.04 bits per heavy atom. The fraction of sp³-hybridized carbons (Fsp3) is 0.348. The second-order valence-corrected chi connectivity index (χ2v) is 8.49. The smallest absolute Gasteiger partial charge is 0.265 e. The monoisotopic (exact) mass is 396 g/mol. The van der Waals surface area contributed by atoms with Gasteiger partial charge in [-0.3, -0.25) is 9.69 Å². The van der Waals surface area contributed by atoms with Crippen molar-refractivity contribution in [2.75, 3.05) is 18.5 Å². The number of amides is 1. The van der Waals surface area contributed by atoms with Crippen molar-refractivity contribution in [1.29, 1.82) is 0 Å². The summed E-state index contributed by atoms with van der Waals surface area (Å²) in [5.41, 5.74) is 0.800. The summed E-state index contributed by atoms with van der Waals surface area (Å²) in [7, 11) is 0. The minimum Gasteiger partial charge on any atom is -0.492 e. The molecule has 0 saturated heterocycles. The third kappa shape index (κ3) is 5.12. The predicted octanol–water partition coefficient (Wildman–Crippen LogP) is 5.65. The number of thiophene rings is 1. The number of ether oxygens (including phenoxy) is 1. The number of anilines is 1. The Morgan fingerprint density at radius 3 is 2.43 bits per heavy atom. The molecule has 3 rings (SSSR count). The molecule has 0 bridgehead atoms. The van der Waals surface area contributed by atoms with E-state index in [1.54, 1.807) is 0 Å². The van der Waals surface area contributed by atoms with Crippen molar-refractivity contribution in [3.63, 3.8) is 0 Å². The van der Waals surface area contributed by atoms with Crippen LogP contribution in [0.1, 0.15) is 37.4 Å². The molecule has 0 aliphatic carbocycles. The first kappa shape index (κ1) is 20.4. The molecule has 28 heavy (non-hydrogen) atoms. The van der Waals surface area contributed by atoms with Crippen molar-refractivity contribution >= 4 is 33.0 Å². The van der Waals surface area contributed by atoms with E-state index in [4.69, 9.17) is 4.74 Å². The van der Waals surface area contributed by atoms with Gasteiger partial charge < -0.3 is 10.1 Å². The highest BCUT2D eigenvalue weighted by Gasteiger charge is 2.14. The lowest BCUT2D eigenvalue weighted by atomic mass is 10.2. The Hall–Kier alpha value is -2.37. The Balaban J connectivity index is 1.65. The topological polar surface area (TPSA) is 41.6 Å². The van der Waals surface area contributed by atoms with Crippen LogP contribution in [0.5, 0.6) is 5.75 Å². The van der Waals surface area contributed by atoms with E-state index in [1.807, 2.05) is 54.6 Å². The van der Waals surface area contributed by atoms with Crippen molar-refractivity contribution < 1.29 is 9.53 Å². The van der Waals surface area contributed by atoms with Gasteiger partial charge in [-0.25, -0.2) is 0 Å². The maximum atomic E-state index is 12.5. The highest BCUT2D eigenvalue weighted by molar-refractivity contribution is 7.20. The van der Waals surface area contributed by atoms with Crippen molar-refractivity contribution in [1.82, 2.24) is 4.90 Å². The molecule has 0 atom stereocenters. The van der Waals surface area contributed by atoms with Gasteiger partial charge in [0, 0.05) is 29.0 Å². The van der Waals surface area contributed by atoms with Crippen molar-refractivity contribution in [3.05, 3.63) is 59.5 Å². The van der Waals surface area contributed by atoms with E-state index in [2.05, 4.69) is 37.9 Å². The molecule has 0 radical (unpaired) electrons. The standard InChI is InChI=1S/C23H28N2O2S/c1-16(2)25(17(3)4)12-13-27-20-10-11-21-18(14-20)15-22(28-21)23(26)24-19-8-6-5-7-9-19/h5-11,14-17H,12-13H2,1-4H3,(H,24,26). The molecule has 1 heterocycles. The summed E-state index contributed by atoms with van der Waals surface area (Å²) in [5, 5.41) is 3.97. The van der Waals surface area contributed by atoms with E-state index in [0.717, 1.165) is 28.1 Å². The Bertz CT molecular complexity index is 911. The number of nitrogens with zero attached hydrogens (tertiary/aromatic N) is 1. The zero-order valence-corrected chi connectivity index (χ0v) is 17.8. The third-order valence-corrected chi connectivity index (χ3v) is 5.80. The zero-order valence-electron chi connectivity index (χ0n) is 16.9. The molecule has 0 fully saturated rings. The van der Waals surface area contributed by atoms with Crippen LogP contribution in [0.25, 0.3) is 10.1 Å². The molecule has 3 aromatic rings. The lowest BCUT2D eigenvalue weighted by molar-refractivity contribution is 0.103. The van der Waals surface area contributed by atoms with Gasteiger partial charge in [0.05, 0.1) is 4.88 Å². The quantitative estimate of drug-likeness (QED) is 0.535. The summed E-state index contributed by atoms with van der Waals surface area (Å²) in [6, 6.07) is 18.4. The van der Waals surface area contributed by atoms with Gasteiger partial charge in [0.1, 0.15) is 12.4 Å². The van der Waals surface area contributed by atoms with Crippen LogP contribution in [-0.2, 0) is 0 Å². The Kier molecular flexibility index (Phi) is 6.70. The molecule has 1 amide bonds. The van der Waals surface area contributed by atoms with Gasteiger partial charge in [-0.05, 0) is 69.5 Å². The van der Waals surface area contributed by atoms with Gasteiger partial charge in [-0.2, -0.15) is 0 Å². The predicted molar refractivity (Wildman–Crippen MR) is 119 cm³/mol. The first-order valence-electron chi connectivity index (χ1n) is 9.72. The molecule has 0 saturated carbocycles. The zero-order chi connectivity index (χ0) is 20.1. The summed E-state index contributed by atoms with van der Waals surface area (Å²) in [6.45, 7) is 10.4. The lowest BCUT2D eigenvalue weighted by Gasteiger charge is -2.30. The van der Waals surface area contributed by atoms with E-state index in [0.29, 0.717) is 23.6 Å². The number of nitrogens with one attached hydrogen (secondary N) is 1. The van der Waals surface area contributed by atoms with Crippen LogP contribution in [0.3, 0.4) is 0 Å². The molecule has 4 nitrogen and oxygen atoms in total. The van der Waals surface area contributed by atoms with Gasteiger partial charge in [-0.15, -0.1) is 11.3 Å². The molecule has 0 spiro atoms. The molecule has 1 aromatic heterocycles. The van der Waals surface area contributed by atoms with Gasteiger partial charge >= 0.3 is 0 Å². The number of hydrogen-bond donors (Lipinski definition) is 1. The third-order valence-electron chi connectivity index (χ3n) is 4.69. The minimum absolute atomic E-state index is 0.0839. The average molecular weight is 397 g/mol. The van der Waals surface area contributed by atoms with Crippen LogP contribution in [0.2, 0.25) is 0 Å². The van der Waals surface area contributed by atoms with Crippen LogP contribution in [0.15, 0.2) is 54.6 Å². The molecule has 148 valence electrons. The molecule has 0 unspecified atom stereocenters. The second kappa shape index (κ2) is 9.22. The second-order valence-electron chi connectivity index (χ2n) is 7.40. The molecule has 5 heteroatoms. The summed E-state index contributed by atoms with van der Waals surface area (Å²) < 4.78 is 7.05. The first-order chi connectivity index (χ1) is 13.4. The molecule has 2 aromatic carbocycles. The van der Waals surface area contributed by atoms with Crippen molar-refractivity contribution in [2.45, 2.75) is 39.8 Å².